The van der Waals surface area contributed by atoms with Crippen LogP contribution in [0.5, 0.6) is 0 Å². The van der Waals surface area contributed by atoms with E-state index < -0.39 is 0 Å². The number of nitrogens with two attached hydrogens (primary N) is 1. The van der Waals surface area contributed by atoms with Crippen molar-refractivity contribution < 1.29 is 0 Å². The van der Waals surface area contributed by atoms with Crippen LogP contribution in [0.15, 0.2) is 0 Å². The molecule has 3 atom stereocenters. The molecule has 110 valence electrons. The van der Waals surface area contributed by atoms with Gasteiger partial charge in [0.2, 0.25) is 0 Å². The average molecular weight is 265 g/mol. The second-order valence-electron chi connectivity index (χ2n) is 7.85. The van der Waals surface area contributed by atoms with E-state index in [0.717, 1.165) is 12.5 Å². The first-order valence-corrected chi connectivity index (χ1v) is 8.23. The van der Waals surface area contributed by atoms with Crippen molar-refractivity contribution in [3.05, 3.63) is 0 Å². The van der Waals surface area contributed by atoms with Crippen LogP contribution in [0.25, 0.3) is 0 Å². The van der Waals surface area contributed by atoms with E-state index in [0.29, 0.717) is 11.0 Å². The Morgan fingerprint density at radius 2 is 1.89 bits per heavy atom. The third-order valence-electron chi connectivity index (χ3n) is 6.22. The molecule has 3 aliphatic rings. The molecule has 19 heavy (non-hydrogen) atoms. The molecule has 3 saturated heterocycles. The van der Waals surface area contributed by atoms with Gasteiger partial charge in [-0.1, -0.05) is 13.8 Å². The predicted octanol–water partition coefficient (Wildman–Crippen LogP) is 1.92. The summed E-state index contributed by atoms with van der Waals surface area (Å²) in [5.41, 5.74) is 7.17. The Labute approximate surface area is 118 Å². The van der Waals surface area contributed by atoms with E-state index >= 15 is 0 Å². The molecule has 2 bridgehead atoms. The van der Waals surface area contributed by atoms with Gasteiger partial charge in [0.15, 0.2) is 0 Å². The summed E-state index contributed by atoms with van der Waals surface area (Å²) in [7, 11) is 0. The molecule has 3 heteroatoms. The zero-order valence-electron chi connectivity index (χ0n) is 12.8. The summed E-state index contributed by atoms with van der Waals surface area (Å²) in [5, 5.41) is 0. The van der Waals surface area contributed by atoms with E-state index in [1.807, 2.05) is 0 Å². The molecule has 0 aromatic rings. The van der Waals surface area contributed by atoms with Crippen LogP contribution in [0.4, 0.5) is 0 Å². The number of nitrogens with zero attached hydrogens (tertiary/aromatic N) is 2. The second kappa shape index (κ2) is 5.01. The summed E-state index contributed by atoms with van der Waals surface area (Å²) < 4.78 is 0. The fraction of sp³-hybridized carbons (Fsp3) is 1.00. The highest BCUT2D eigenvalue weighted by molar-refractivity contribution is 5.05. The minimum absolute atomic E-state index is 0.327. The van der Waals surface area contributed by atoms with E-state index in [-0.39, 0.29) is 0 Å². The molecule has 3 nitrogen and oxygen atoms in total. The van der Waals surface area contributed by atoms with E-state index in [2.05, 4.69) is 23.6 Å². The van der Waals surface area contributed by atoms with Gasteiger partial charge in [0.1, 0.15) is 0 Å². The molecular formula is C16H31N3. The monoisotopic (exact) mass is 265 g/mol. The van der Waals surface area contributed by atoms with Gasteiger partial charge >= 0.3 is 0 Å². The van der Waals surface area contributed by atoms with Crippen LogP contribution in [0.3, 0.4) is 0 Å². The Morgan fingerprint density at radius 1 is 1.05 bits per heavy atom. The first-order valence-electron chi connectivity index (χ1n) is 8.23. The highest BCUT2D eigenvalue weighted by Crippen LogP contribution is 2.41. The molecule has 3 fully saturated rings. The Morgan fingerprint density at radius 3 is 2.68 bits per heavy atom. The SMILES string of the molecule is CC1(C)CCCN(C2(CN)CCN3CCC2C3)CC1. The van der Waals surface area contributed by atoms with Gasteiger partial charge in [0.05, 0.1) is 0 Å². The summed E-state index contributed by atoms with van der Waals surface area (Å²) in [4.78, 5) is 5.44. The fourth-order valence-corrected chi connectivity index (χ4v) is 4.71. The molecule has 2 N–H and O–H groups in total. The van der Waals surface area contributed by atoms with E-state index in [1.54, 1.807) is 0 Å². The molecular weight excluding hydrogens is 234 g/mol. The Hall–Kier alpha value is -0.120. The zero-order chi connectivity index (χ0) is 13.5. The van der Waals surface area contributed by atoms with Crippen molar-refractivity contribution in [3.8, 4) is 0 Å². The van der Waals surface area contributed by atoms with Crippen LogP contribution in [0.2, 0.25) is 0 Å². The molecule has 0 radical (unpaired) electrons. The minimum Gasteiger partial charge on any atom is -0.329 e. The van der Waals surface area contributed by atoms with E-state index in [1.165, 1.54) is 64.8 Å². The maximum atomic E-state index is 6.31. The van der Waals surface area contributed by atoms with Gasteiger partial charge in [-0.05, 0) is 69.6 Å². The summed E-state index contributed by atoms with van der Waals surface area (Å²) >= 11 is 0. The van der Waals surface area contributed by atoms with Crippen LogP contribution in [-0.2, 0) is 0 Å². The van der Waals surface area contributed by atoms with Gasteiger partial charge in [-0.15, -0.1) is 0 Å². The lowest BCUT2D eigenvalue weighted by atomic mass is 9.77. The third-order valence-corrected chi connectivity index (χ3v) is 6.22. The smallest absolute Gasteiger partial charge is 0.0384 e. The van der Waals surface area contributed by atoms with E-state index in [4.69, 9.17) is 5.73 Å². The maximum Gasteiger partial charge on any atom is 0.0384 e. The molecule has 3 rings (SSSR count). The normalized spacial score (nSPS) is 43.1. The lowest BCUT2D eigenvalue weighted by Crippen LogP contribution is -2.62. The minimum atomic E-state index is 0.327. The maximum absolute atomic E-state index is 6.31. The molecule has 0 spiro atoms. The molecule has 3 unspecified atom stereocenters. The molecule has 3 aliphatic heterocycles. The quantitative estimate of drug-likeness (QED) is 0.828. The summed E-state index contributed by atoms with van der Waals surface area (Å²) in [6, 6.07) is 0. The Balaban J connectivity index is 1.78. The largest absolute Gasteiger partial charge is 0.329 e. The van der Waals surface area contributed by atoms with Gasteiger partial charge in [-0.2, -0.15) is 0 Å². The fourth-order valence-electron chi connectivity index (χ4n) is 4.71. The molecule has 0 amide bonds. The van der Waals surface area contributed by atoms with Crippen molar-refractivity contribution in [1.82, 2.24) is 9.80 Å². The van der Waals surface area contributed by atoms with Crippen molar-refractivity contribution in [2.45, 2.75) is 51.5 Å². The number of fused-ring (bicyclic) bond motifs is 2. The van der Waals surface area contributed by atoms with Crippen LogP contribution in [-0.4, -0.2) is 54.6 Å². The predicted molar refractivity (Wildman–Crippen MR) is 80.2 cm³/mol. The molecule has 0 aromatic heterocycles. The van der Waals surface area contributed by atoms with Gasteiger partial charge in [0, 0.05) is 18.6 Å². The Kier molecular flexibility index (Phi) is 3.65. The Bertz CT molecular complexity index is 328. The highest BCUT2D eigenvalue weighted by atomic mass is 15.3. The van der Waals surface area contributed by atoms with Gasteiger partial charge in [-0.3, -0.25) is 4.90 Å². The molecule has 0 saturated carbocycles. The lowest BCUT2D eigenvalue weighted by Gasteiger charge is -2.50. The lowest BCUT2D eigenvalue weighted by molar-refractivity contribution is 0.00835. The van der Waals surface area contributed by atoms with Crippen LogP contribution < -0.4 is 5.73 Å². The van der Waals surface area contributed by atoms with E-state index in [9.17, 15) is 0 Å². The highest BCUT2D eigenvalue weighted by Gasteiger charge is 2.49. The van der Waals surface area contributed by atoms with Crippen molar-refractivity contribution in [1.29, 1.82) is 0 Å². The van der Waals surface area contributed by atoms with Gasteiger partial charge in [-0.25, -0.2) is 0 Å². The number of hydrogen-bond donors (Lipinski definition) is 1. The number of rotatable bonds is 2. The second-order valence-corrected chi connectivity index (χ2v) is 7.85. The number of likely N-dealkylation sites (tertiary alicyclic amines) is 1. The van der Waals surface area contributed by atoms with Crippen molar-refractivity contribution in [3.63, 3.8) is 0 Å². The zero-order valence-corrected chi connectivity index (χ0v) is 12.8. The topological polar surface area (TPSA) is 32.5 Å². The van der Waals surface area contributed by atoms with Crippen molar-refractivity contribution >= 4 is 0 Å². The van der Waals surface area contributed by atoms with Gasteiger partial charge in [0.25, 0.3) is 0 Å². The first-order chi connectivity index (χ1) is 9.06. The van der Waals surface area contributed by atoms with Crippen LogP contribution in [0, 0.1) is 11.3 Å². The van der Waals surface area contributed by atoms with Crippen LogP contribution in [0.1, 0.15) is 46.0 Å². The van der Waals surface area contributed by atoms with Gasteiger partial charge < -0.3 is 10.6 Å². The van der Waals surface area contributed by atoms with Crippen molar-refractivity contribution in [2.75, 3.05) is 39.3 Å². The molecule has 0 aromatic carbocycles. The first kappa shape index (κ1) is 13.8. The molecule has 0 aliphatic carbocycles. The van der Waals surface area contributed by atoms with Crippen molar-refractivity contribution in [2.24, 2.45) is 17.1 Å². The summed E-state index contributed by atoms with van der Waals surface area (Å²) in [6.07, 6.45) is 6.74. The summed E-state index contributed by atoms with van der Waals surface area (Å²) in [6.45, 7) is 12.2. The number of piperidine rings is 1. The summed E-state index contributed by atoms with van der Waals surface area (Å²) in [5.74, 6) is 0.826. The van der Waals surface area contributed by atoms with Crippen LogP contribution >= 0.6 is 0 Å². The average Bonchev–Trinajstić information content (AvgIpc) is 2.69. The standard InChI is InChI=1S/C16H31N3/c1-15(2)5-3-8-19(11-6-15)16(13-17)7-10-18-9-4-14(16)12-18/h14H,3-13,17H2,1-2H3. The third kappa shape index (κ3) is 2.45. The number of hydrogen-bond acceptors (Lipinski definition) is 3. The molecule has 3 heterocycles.